The van der Waals surface area contributed by atoms with Crippen LogP contribution in [-0.4, -0.2) is 17.5 Å². The maximum Gasteiger partial charge on any atom is 0.207 e. The Labute approximate surface area is 124 Å². The number of rotatable bonds is 4. The predicted octanol–water partition coefficient (Wildman–Crippen LogP) is 3.48. The Bertz CT molecular complexity index is 396. The van der Waals surface area contributed by atoms with Crippen molar-refractivity contribution in [3.8, 4) is 0 Å². The molecule has 0 spiro atoms. The first-order valence-electron chi connectivity index (χ1n) is 7.27. The Morgan fingerprint density at radius 1 is 1.30 bits per heavy atom. The minimum atomic E-state index is -0.347. The zero-order chi connectivity index (χ0) is 15.8. The van der Waals surface area contributed by atoms with E-state index >= 15 is 0 Å². The van der Waals surface area contributed by atoms with Crippen LogP contribution in [0.3, 0.4) is 0 Å². The molecule has 1 rings (SSSR count). The number of nitrogens with two attached hydrogens (primary N) is 1. The Morgan fingerprint density at radius 3 is 2.30 bits per heavy atom. The molecule has 0 fully saturated rings. The molecule has 0 aromatic carbocycles. The smallest absolute Gasteiger partial charge is 0.207 e. The van der Waals surface area contributed by atoms with Gasteiger partial charge in [0.05, 0.1) is 5.54 Å². The first-order valence-corrected chi connectivity index (χ1v) is 7.27. The lowest BCUT2D eigenvalue weighted by Gasteiger charge is -2.26. The standard InChI is InChI=1S/C14H22N2O.C3H8/c1-13(2,15)11-6-5-7-12(9-8-11)14(3,4)16-10-17;1-3-2/h5-7,9-10H,8,15H2,1-4H3,(H,16,17);3H2,1-2H3. The van der Waals surface area contributed by atoms with Crippen LogP contribution in [0.4, 0.5) is 0 Å². The van der Waals surface area contributed by atoms with Crippen LogP contribution in [0.2, 0.25) is 0 Å². The lowest BCUT2D eigenvalue weighted by Crippen LogP contribution is -2.39. The van der Waals surface area contributed by atoms with Crippen LogP contribution in [0.1, 0.15) is 54.4 Å². The van der Waals surface area contributed by atoms with Crippen molar-refractivity contribution in [1.29, 1.82) is 0 Å². The van der Waals surface area contributed by atoms with Crippen LogP contribution in [0, 0.1) is 0 Å². The minimum Gasteiger partial charge on any atom is -0.350 e. The number of amides is 1. The van der Waals surface area contributed by atoms with Crippen molar-refractivity contribution in [1.82, 2.24) is 5.32 Å². The summed E-state index contributed by atoms with van der Waals surface area (Å²) in [5.74, 6) is 0. The molecule has 3 heteroatoms. The van der Waals surface area contributed by atoms with Crippen molar-refractivity contribution in [2.45, 2.75) is 65.5 Å². The zero-order valence-electron chi connectivity index (χ0n) is 13.8. The zero-order valence-corrected chi connectivity index (χ0v) is 13.8. The van der Waals surface area contributed by atoms with Crippen molar-refractivity contribution in [3.63, 3.8) is 0 Å². The van der Waals surface area contributed by atoms with Gasteiger partial charge in [0, 0.05) is 5.54 Å². The molecule has 0 saturated heterocycles. The van der Waals surface area contributed by atoms with Crippen molar-refractivity contribution in [3.05, 3.63) is 35.5 Å². The van der Waals surface area contributed by atoms with E-state index in [1.54, 1.807) is 0 Å². The van der Waals surface area contributed by atoms with Gasteiger partial charge in [-0.25, -0.2) is 0 Å². The molecular weight excluding hydrogens is 248 g/mol. The molecule has 0 unspecified atom stereocenters. The molecule has 3 N–H and O–H groups in total. The van der Waals surface area contributed by atoms with E-state index in [1.807, 2.05) is 39.8 Å². The topological polar surface area (TPSA) is 55.1 Å². The van der Waals surface area contributed by atoms with Gasteiger partial charge in [-0.1, -0.05) is 44.6 Å². The third-order valence-corrected chi connectivity index (χ3v) is 3.08. The molecule has 1 aliphatic rings. The highest BCUT2D eigenvalue weighted by atomic mass is 16.1. The van der Waals surface area contributed by atoms with Crippen LogP contribution in [-0.2, 0) is 4.79 Å². The van der Waals surface area contributed by atoms with Crippen LogP contribution in [0.25, 0.3) is 0 Å². The van der Waals surface area contributed by atoms with Crippen LogP contribution < -0.4 is 11.1 Å². The van der Waals surface area contributed by atoms with Gasteiger partial charge >= 0.3 is 0 Å². The summed E-state index contributed by atoms with van der Waals surface area (Å²) >= 11 is 0. The van der Waals surface area contributed by atoms with Gasteiger partial charge in [-0.3, -0.25) is 4.79 Å². The molecule has 20 heavy (non-hydrogen) atoms. The summed E-state index contributed by atoms with van der Waals surface area (Å²) in [6.45, 7) is 12.2. The summed E-state index contributed by atoms with van der Waals surface area (Å²) in [7, 11) is 0. The third-order valence-electron chi connectivity index (χ3n) is 3.08. The van der Waals surface area contributed by atoms with E-state index in [-0.39, 0.29) is 11.1 Å². The Kier molecular flexibility index (Phi) is 7.51. The van der Waals surface area contributed by atoms with Gasteiger partial charge in [0.25, 0.3) is 0 Å². The number of carbonyl (C=O) groups is 1. The van der Waals surface area contributed by atoms with Crippen molar-refractivity contribution in [2.24, 2.45) is 5.73 Å². The van der Waals surface area contributed by atoms with Crippen molar-refractivity contribution >= 4 is 6.41 Å². The SMILES string of the molecule is CC(C)(N)C1=CC=CC(C(C)(C)NC=O)=CC1.CCC. The molecule has 0 aromatic heterocycles. The first kappa shape index (κ1) is 18.7. The number of allylic oxidation sites excluding steroid dienone is 3. The van der Waals surface area contributed by atoms with Crippen molar-refractivity contribution < 1.29 is 4.79 Å². The number of hydrogen-bond donors (Lipinski definition) is 2. The van der Waals surface area contributed by atoms with Crippen LogP contribution in [0.5, 0.6) is 0 Å². The maximum atomic E-state index is 10.6. The summed E-state index contributed by atoms with van der Waals surface area (Å²) in [5.41, 5.74) is 7.72. The van der Waals surface area contributed by atoms with Gasteiger partial charge in [-0.15, -0.1) is 0 Å². The largest absolute Gasteiger partial charge is 0.350 e. The molecule has 0 heterocycles. The Morgan fingerprint density at radius 2 is 1.85 bits per heavy atom. The lowest BCUT2D eigenvalue weighted by molar-refractivity contribution is -0.110. The summed E-state index contributed by atoms with van der Waals surface area (Å²) in [5, 5.41) is 2.82. The lowest BCUT2D eigenvalue weighted by atomic mass is 9.90. The van der Waals surface area contributed by atoms with Crippen LogP contribution in [0.15, 0.2) is 35.5 Å². The van der Waals surface area contributed by atoms with E-state index in [1.165, 1.54) is 12.0 Å². The summed E-state index contributed by atoms with van der Waals surface area (Å²) in [6, 6.07) is 0. The molecule has 0 aromatic rings. The fraction of sp³-hybridized carbons (Fsp3) is 0.588. The highest BCUT2D eigenvalue weighted by Crippen LogP contribution is 2.25. The molecule has 0 atom stereocenters. The summed E-state index contributed by atoms with van der Waals surface area (Å²) in [6.07, 6.45) is 11.0. The second-order valence-corrected chi connectivity index (χ2v) is 6.23. The summed E-state index contributed by atoms with van der Waals surface area (Å²) < 4.78 is 0. The van der Waals surface area contributed by atoms with Gasteiger partial charge in [0.15, 0.2) is 0 Å². The quantitative estimate of drug-likeness (QED) is 0.774. The normalized spacial score (nSPS) is 15.3. The number of nitrogens with one attached hydrogen (secondary N) is 1. The molecular formula is C17H30N2O. The molecule has 0 radical (unpaired) electrons. The highest BCUT2D eigenvalue weighted by Gasteiger charge is 2.22. The first-order chi connectivity index (χ1) is 9.19. The minimum absolute atomic E-state index is 0.307. The second-order valence-electron chi connectivity index (χ2n) is 6.23. The van der Waals surface area contributed by atoms with Gasteiger partial charge in [0.2, 0.25) is 6.41 Å². The number of hydrogen-bond acceptors (Lipinski definition) is 2. The molecule has 1 aliphatic carbocycles. The monoisotopic (exact) mass is 278 g/mol. The molecule has 0 aliphatic heterocycles. The average Bonchev–Trinajstić information content (AvgIpc) is 2.54. The molecule has 114 valence electrons. The molecule has 0 saturated carbocycles. The van der Waals surface area contributed by atoms with Crippen LogP contribution >= 0.6 is 0 Å². The molecule has 3 nitrogen and oxygen atoms in total. The number of carbonyl (C=O) groups excluding carboxylic acids is 1. The van der Waals surface area contributed by atoms with Gasteiger partial charge in [0.1, 0.15) is 0 Å². The Balaban J connectivity index is 0.00000110. The summed E-state index contributed by atoms with van der Waals surface area (Å²) in [4.78, 5) is 10.6. The Hall–Kier alpha value is -1.35. The maximum absolute atomic E-state index is 10.6. The fourth-order valence-corrected chi connectivity index (χ4v) is 1.80. The predicted molar refractivity (Wildman–Crippen MR) is 87.4 cm³/mol. The highest BCUT2D eigenvalue weighted by molar-refractivity contribution is 5.51. The van der Waals surface area contributed by atoms with E-state index in [9.17, 15) is 4.79 Å². The van der Waals surface area contributed by atoms with E-state index in [0.29, 0.717) is 0 Å². The second kappa shape index (κ2) is 8.05. The van der Waals surface area contributed by atoms with Crippen molar-refractivity contribution in [2.75, 3.05) is 0 Å². The molecule has 0 bridgehead atoms. The van der Waals surface area contributed by atoms with Gasteiger partial charge in [-0.05, 0) is 45.3 Å². The fourth-order valence-electron chi connectivity index (χ4n) is 1.80. The third kappa shape index (κ3) is 6.20. The van der Waals surface area contributed by atoms with E-state index in [2.05, 4.69) is 31.3 Å². The average molecular weight is 278 g/mol. The van der Waals surface area contributed by atoms with Gasteiger partial charge in [-0.2, -0.15) is 0 Å². The van der Waals surface area contributed by atoms with E-state index in [4.69, 9.17) is 5.73 Å². The van der Waals surface area contributed by atoms with E-state index < -0.39 is 0 Å². The van der Waals surface area contributed by atoms with E-state index in [0.717, 1.165) is 18.4 Å². The van der Waals surface area contributed by atoms with Gasteiger partial charge < -0.3 is 11.1 Å². The molecule has 1 amide bonds.